The van der Waals surface area contributed by atoms with Crippen LogP contribution >= 0.6 is 0 Å². The molecular formula is C20H17NO2. The predicted molar refractivity (Wildman–Crippen MR) is 91.3 cm³/mol. The van der Waals surface area contributed by atoms with Crippen LogP contribution in [0.15, 0.2) is 72.9 Å². The summed E-state index contributed by atoms with van der Waals surface area (Å²) in [6.45, 7) is 0.0422. The topological polar surface area (TPSA) is 39.2 Å². The zero-order valence-corrected chi connectivity index (χ0v) is 12.9. The number of nitrogens with zero attached hydrogens (tertiary/aromatic N) is 1. The van der Waals surface area contributed by atoms with Gasteiger partial charge in [0.25, 0.3) is 0 Å². The van der Waals surface area contributed by atoms with Gasteiger partial charge < -0.3 is 4.74 Å². The summed E-state index contributed by atoms with van der Waals surface area (Å²) in [6.07, 6.45) is 1.66. The van der Waals surface area contributed by atoms with Crippen molar-refractivity contribution in [2.24, 2.45) is 0 Å². The van der Waals surface area contributed by atoms with Crippen LogP contribution in [0.25, 0.3) is 22.3 Å². The second-order valence-corrected chi connectivity index (χ2v) is 5.23. The highest BCUT2D eigenvalue weighted by molar-refractivity contribution is 5.96. The summed E-state index contributed by atoms with van der Waals surface area (Å²) in [5, 5.41) is 0. The van der Waals surface area contributed by atoms with Gasteiger partial charge in [-0.25, -0.2) is 0 Å². The van der Waals surface area contributed by atoms with Crippen molar-refractivity contribution in [3.8, 4) is 22.3 Å². The van der Waals surface area contributed by atoms with Crippen LogP contribution in [-0.2, 0) is 4.74 Å². The Bertz CT molecular complexity index is 813. The molecule has 0 aliphatic rings. The highest BCUT2D eigenvalue weighted by Gasteiger charge is 2.09. The molecule has 0 amide bonds. The second kappa shape index (κ2) is 6.99. The van der Waals surface area contributed by atoms with Crippen molar-refractivity contribution in [1.82, 2.24) is 4.98 Å². The molecule has 0 saturated heterocycles. The fourth-order valence-electron chi connectivity index (χ4n) is 2.48. The van der Waals surface area contributed by atoms with Gasteiger partial charge in [-0.2, -0.15) is 0 Å². The third-order valence-electron chi connectivity index (χ3n) is 3.62. The van der Waals surface area contributed by atoms with Gasteiger partial charge in [-0.15, -0.1) is 0 Å². The third kappa shape index (κ3) is 3.52. The molecule has 0 fully saturated rings. The molecule has 3 rings (SSSR count). The Morgan fingerprint density at radius 1 is 0.870 bits per heavy atom. The molecule has 0 bridgehead atoms. The minimum absolute atomic E-state index is 0.0422. The van der Waals surface area contributed by atoms with Crippen LogP contribution in [0, 0.1) is 0 Å². The maximum absolute atomic E-state index is 11.9. The van der Waals surface area contributed by atoms with Crippen molar-refractivity contribution < 1.29 is 9.53 Å². The van der Waals surface area contributed by atoms with Crippen LogP contribution in [0.3, 0.4) is 0 Å². The Morgan fingerprint density at radius 2 is 1.52 bits per heavy atom. The summed E-state index contributed by atoms with van der Waals surface area (Å²) in [6, 6.07) is 22.2. The predicted octanol–water partition coefficient (Wildman–Crippen LogP) is 4.24. The number of benzene rings is 2. The molecule has 3 aromatic rings. The largest absolute Gasteiger partial charge is 0.376 e. The Kier molecular flexibility index (Phi) is 4.60. The molecule has 0 aliphatic heterocycles. The number of ketones is 1. The zero-order chi connectivity index (χ0) is 16.1. The number of ether oxygens (including phenoxy) is 1. The molecule has 2 aromatic carbocycles. The third-order valence-corrected chi connectivity index (χ3v) is 3.62. The first kappa shape index (κ1) is 15.1. The normalized spacial score (nSPS) is 10.5. The molecule has 3 heteroatoms. The van der Waals surface area contributed by atoms with E-state index in [-0.39, 0.29) is 12.4 Å². The van der Waals surface area contributed by atoms with Crippen LogP contribution in [0.2, 0.25) is 0 Å². The number of aromatic nitrogens is 1. The van der Waals surface area contributed by atoms with Gasteiger partial charge in [0.1, 0.15) is 12.3 Å². The summed E-state index contributed by atoms with van der Waals surface area (Å²) in [4.78, 5) is 16.1. The molecule has 0 spiro atoms. The van der Waals surface area contributed by atoms with Gasteiger partial charge in [-0.3, -0.25) is 9.78 Å². The molecule has 0 saturated carbocycles. The van der Waals surface area contributed by atoms with Crippen LogP contribution in [0.4, 0.5) is 0 Å². The van der Waals surface area contributed by atoms with E-state index >= 15 is 0 Å². The molecule has 0 atom stereocenters. The summed E-state index contributed by atoms with van der Waals surface area (Å²) >= 11 is 0. The minimum Gasteiger partial charge on any atom is -0.376 e. The quantitative estimate of drug-likeness (QED) is 0.662. The van der Waals surface area contributed by atoms with Gasteiger partial charge >= 0.3 is 0 Å². The van der Waals surface area contributed by atoms with Crippen molar-refractivity contribution in [3.63, 3.8) is 0 Å². The van der Waals surface area contributed by atoms with Crippen molar-refractivity contribution in [2.45, 2.75) is 0 Å². The zero-order valence-electron chi connectivity index (χ0n) is 12.9. The fourth-order valence-corrected chi connectivity index (χ4v) is 2.48. The van der Waals surface area contributed by atoms with Gasteiger partial charge in [-0.1, -0.05) is 48.5 Å². The molecule has 114 valence electrons. The van der Waals surface area contributed by atoms with Crippen molar-refractivity contribution in [3.05, 3.63) is 78.6 Å². The number of carbonyl (C=O) groups is 1. The highest BCUT2D eigenvalue weighted by Crippen LogP contribution is 2.26. The summed E-state index contributed by atoms with van der Waals surface area (Å²) < 4.78 is 4.89. The number of carbonyl (C=O) groups excluding carboxylic acids is 1. The van der Waals surface area contributed by atoms with E-state index in [9.17, 15) is 4.79 Å². The number of pyridine rings is 1. The average molecular weight is 303 g/mol. The second-order valence-electron chi connectivity index (χ2n) is 5.23. The van der Waals surface area contributed by atoms with Gasteiger partial charge in [0, 0.05) is 13.3 Å². The first-order valence-electron chi connectivity index (χ1n) is 7.42. The maximum Gasteiger partial charge on any atom is 0.206 e. The molecule has 3 nitrogen and oxygen atoms in total. The Hall–Kier alpha value is -2.78. The van der Waals surface area contributed by atoms with E-state index in [1.165, 1.54) is 12.7 Å². The smallest absolute Gasteiger partial charge is 0.206 e. The van der Waals surface area contributed by atoms with E-state index in [4.69, 9.17) is 4.74 Å². The number of methoxy groups -OCH3 is 1. The maximum atomic E-state index is 11.9. The lowest BCUT2D eigenvalue weighted by molar-refractivity contribution is 0.0843. The summed E-state index contributed by atoms with van der Waals surface area (Å²) in [5.41, 5.74) is 4.76. The summed E-state index contributed by atoms with van der Waals surface area (Å²) in [5.74, 6) is -0.117. The van der Waals surface area contributed by atoms with E-state index in [1.54, 1.807) is 6.20 Å². The van der Waals surface area contributed by atoms with E-state index in [0.29, 0.717) is 5.69 Å². The van der Waals surface area contributed by atoms with Gasteiger partial charge in [0.05, 0.1) is 0 Å². The number of rotatable bonds is 5. The van der Waals surface area contributed by atoms with Crippen LogP contribution < -0.4 is 0 Å². The van der Waals surface area contributed by atoms with Crippen molar-refractivity contribution in [1.29, 1.82) is 0 Å². The molecule has 1 heterocycles. The Balaban J connectivity index is 1.96. The highest BCUT2D eigenvalue weighted by atomic mass is 16.5. The van der Waals surface area contributed by atoms with Crippen LogP contribution in [0.1, 0.15) is 10.5 Å². The summed E-state index contributed by atoms with van der Waals surface area (Å²) in [7, 11) is 1.51. The SMILES string of the molecule is COCC(=O)c1cc(-c2cccc(-c3ccccc3)c2)ccn1. The Labute approximate surface area is 135 Å². The van der Waals surface area contributed by atoms with Gasteiger partial charge in [0.15, 0.2) is 0 Å². The molecule has 1 aromatic heterocycles. The molecule has 23 heavy (non-hydrogen) atoms. The van der Waals surface area contributed by atoms with Crippen molar-refractivity contribution in [2.75, 3.05) is 13.7 Å². The van der Waals surface area contributed by atoms with Crippen molar-refractivity contribution >= 4 is 5.78 Å². The van der Waals surface area contributed by atoms with Crippen LogP contribution in [0.5, 0.6) is 0 Å². The molecular weight excluding hydrogens is 286 g/mol. The monoisotopic (exact) mass is 303 g/mol. The van der Waals surface area contributed by atoms with E-state index in [2.05, 4.69) is 29.2 Å². The number of hydrogen-bond donors (Lipinski definition) is 0. The lowest BCUT2D eigenvalue weighted by Crippen LogP contribution is -2.08. The Morgan fingerprint density at radius 3 is 2.26 bits per heavy atom. The molecule has 0 unspecified atom stereocenters. The average Bonchev–Trinajstić information content (AvgIpc) is 2.63. The van der Waals surface area contributed by atoms with Crippen LogP contribution in [-0.4, -0.2) is 24.5 Å². The molecule has 0 radical (unpaired) electrons. The lowest BCUT2D eigenvalue weighted by atomic mass is 9.99. The van der Waals surface area contributed by atoms with Gasteiger partial charge in [0.2, 0.25) is 5.78 Å². The first-order chi connectivity index (χ1) is 11.3. The van der Waals surface area contributed by atoms with E-state index < -0.39 is 0 Å². The molecule has 0 aliphatic carbocycles. The van der Waals surface area contributed by atoms with Gasteiger partial charge in [-0.05, 0) is 40.5 Å². The standard InChI is InChI=1S/C20H17NO2/c1-23-14-20(22)19-13-18(10-11-21-19)17-9-5-8-16(12-17)15-6-3-2-4-7-15/h2-13H,14H2,1H3. The number of Topliss-reactive ketones (excluding diaryl/α,β-unsaturated/α-hetero) is 1. The lowest BCUT2D eigenvalue weighted by Gasteiger charge is -2.07. The van der Waals surface area contributed by atoms with E-state index in [0.717, 1.165) is 16.7 Å². The minimum atomic E-state index is -0.117. The molecule has 0 N–H and O–H groups in total. The fraction of sp³-hybridized carbons (Fsp3) is 0.100. The van der Waals surface area contributed by atoms with E-state index in [1.807, 2.05) is 42.5 Å². The number of hydrogen-bond acceptors (Lipinski definition) is 3. The first-order valence-corrected chi connectivity index (χ1v) is 7.42.